The van der Waals surface area contributed by atoms with E-state index in [9.17, 15) is 0 Å². The Hall–Kier alpha value is -6.94. The van der Waals surface area contributed by atoms with E-state index in [4.69, 9.17) is 9.97 Å². The minimum Gasteiger partial charge on any atom is -0.228 e. The Morgan fingerprint density at radius 3 is 1.77 bits per heavy atom. The molecule has 0 bridgehead atoms. The van der Waals surface area contributed by atoms with Gasteiger partial charge in [0.2, 0.25) is 0 Å². The van der Waals surface area contributed by atoms with Crippen molar-refractivity contribution in [3.63, 3.8) is 0 Å². The van der Waals surface area contributed by atoms with Gasteiger partial charge in [0.1, 0.15) is 0 Å². The molecule has 2 nitrogen and oxygen atoms in total. The van der Waals surface area contributed by atoms with E-state index in [0.29, 0.717) is 0 Å². The normalized spacial score (nSPS) is 14.5. The Labute approximate surface area is 336 Å². The van der Waals surface area contributed by atoms with Gasteiger partial charge in [-0.25, -0.2) is 9.97 Å². The first-order chi connectivity index (χ1) is 28.1. The zero-order valence-corrected chi connectivity index (χ0v) is 32.2. The van der Waals surface area contributed by atoms with E-state index >= 15 is 0 Å². The first-order valence-electron chi connectivity index (χ1n) is 19.5. The molecule has 0 amide bonds. The Kier molecular flexibility index (Phi) is 7.84. The molecule has 0 fully saturated rings. The molecule has 0 spiro atoms. The van der Waals surface area contributed by atoms with E-state index in [1.54, 1.807) is 0 Å². The van der Waals surface area contributed by atoms with Gasteiger partial charge in [0, 0.05) is 42.3 Å². The van der Waals surface area contributed by atoms with E-state index in [1.807, 2.05) is 29.5 Å². The lowest BCUT2D eigenvalue weighted by Gasteiger charge is -2.29. The summed E-state index contributed by atoms with van der Waals surface area (Å²) in [5, 5.41) is 2.54. The number of benzene rings is 8. The number of thiophene rings is 1. The van der Waals surface area contributed by atoms with Crippen LogP contribution in [0, 0.1) is 0 Å². The maximum atomic E-state index is 5.15. The van der Waals surface area contributed by atoms with Crippen molar-refractivity contribution < 1.29 is 0 Å². The largest absolute Gasteiger partial charge is 0.228 e. The highest BCUT2D eigenvalue weighted by molar-refractivity contribution is 7.25. The van der Waals surface area contributed by atoms with Crippen molar-refractivity contribution in [1.29, 1.82) is 0 Å². The Morgan fingerprint density at radius 2 is 1.00 bits per heavy atom. The number of nitrogens with zero attached hydrogens (tertiary/aromatic N) is 2. The number of hydrogen-bond acceptors (Lipinski definition) is 3. The van der Waals surface area contributed by atoms with Crippen molar-refractivity contribution >= 4 is 31.5 Å². The van der Waals surface area contributed by atoms with Gasteiger partial charge in [0.25, 0.3) is 0 Å². The molecule has 0 saturated heterocycles. The Balaban J connectivity index is 1.01. The van der Waals surface area contributed by atoms with Gasteiger partial charge in [-0.1, -0.05) is 170 Å². The summed E-state index contributed by atoms with van der Waals surface area (Å²) in [6, 6.07) is 72.3. The molecule has 1 aliphatic rings. The SMILES string of the molecule is CC1(c2ccccc2)c2cc(-c3ccc(-c4cc(-c5ccc6sc7ccccc7c6c5)nc(-c5ccccc5)n4)cc3)ccc2-c2c(-c3ccccc3)cccc21. The molecular formula is C54H36N2S. The van der Waals surface area contributed by atoms with Crippen LogP contribution in [0.1, 0.15) is 23.6 Å². The summed E-state index contributed by atoms with van der Waals surface area (Å²) in [5.41, 5.74) is 16.1. The van der Waals surface area contributed by atoms with E-state index in [1.165, 1.54) is 70.2 Å². The smallest absolute Gasteiger partial charge is 0.160 e. The maximum Gasteiger partial charge on any atom is 0.160 e. The lowest BCUT2D eigenvalue weighted by atomic mass is 9.73. The summed E-state index contributed by atoms with van der Waals surface area (Å²) in [5.74, 6) is 0.718. The summed E-state index contributed by atoms with van der Waals surface area (Å²) < 4.78 is 2.58. The fourth-order valence-corrected chi connectivity index (χ4v) is 9.97. The van der Waals surface area contributed by atoms with Crippen LogP contribution in [0.15, 0.2) is 200 Å². The van der Waals surface area contributed by atoms with Gasteiger partial charge in [0.15, 0.2) is 5.82 Å². The van der Waals surface area contributed by atoms with Crippen LogP contribution < -0.4 is 0 Å². The molecule has 2 aromatic heterocycles. The summed E-state index contributed by atoms with van der Waals surface area (Å²) in [6.45, 7) is 2.39. The standard InChI is InChI=1S/C54H36N2S/c1-54(41-18-9-4-10-19-41)46-22-13-21-42(36-14-5-2-6-15-36)52(46)44-30-28-39(33-47(44)54)35-24-26-37(27-25-35)48-34-49(56-53(55-48)38-16-7-3-8-17-38)40-29-31-51-45(32-40)43-20-11-12-23-50(43)57-51/h2-34H,1H3. The quantitative estimate of drug-likeness (QED) is 0.169. The highest BCUT2D eigenvalue weighted by Crippen LogP contribution is 2.55. The lowest BCUT2D eigenvalue weighted by Crippen LogP contribution is -2.22. The predicted molar refractivity (Wildman–Crippen MR) is 240 cm³/mol. The summed E-state index contributed by atoms with van der Waals surface area (Å²) in [7, 11) is 0. The van der Waals surface area contributed by atoms with E-state index in [-0.39, 0.29) is 5.41 Å². The molecule has 11 rings (SSSR count). The van der Waals surface area contributed by atoms with E-state index in [0.717, 1.165) is 33.9 Å². The zero-order valence-electron chi connectivity index (χ0n) is 31.4. The second-order valence-corrected chi connectivity index (χ2v) is 16.1. The molecule has 0 saturated carbocycles. The van der Waals surface area contributed by atoms with Crippen LogP contribution in [0.5, 0.6) is 0 Å². The average Bonchev–Trinajstić information content (AvgIpc) is 3.79. The van der Waals surface area contributed by atoms with Crippen molar-refractivity contribution in [2.45, 2.75) is 12.3 Å². The van der Waals surface area contributed by atoms with Crippen LogP contribution in [-0.4, -0.2) is 9.97 Å². The van der Waals surface area contributed by atoms with Crippen molar-refractivity contribution in [3.05, 3.63) is 217 Å². The van der Waals surface area contributed by atoms with Crippen LogP contribution >= 0.6 is 11.3 Å². The molecule has 0 aliphatic heterocycles. The number of hydrogen-bond donors (Lipinski definition) is 0. The van der Waals surface area contributed by atoms with Gasteiger partial charge in [-0.3, -0.25) is 0 Å². The first-order valence-corrected chi connectivity index (χ1v) is 20.3. The first kappa shape index (κ1) is 33.4. The molecule has 0 radical (unpaired) electrons. The van der Waals surface area contributed by atoms with Crippen molar-refractivity contribution in [2.24, 2.45) is 0 Å². The number of rotatable bonds is 6. The highest BCUT2D eigenvalue weighted by Gasteiger charge is 2.42. The van der Waals surface area contributed by atoms with Crippen LogP contribution in [0.4, 0.5) is 0 Å². The molecular weight excluding hydrogens is 709 g/mol. The van der Waals surface area contributed by atoms with Gasteiger partial charge in [0.05, 0.1) is 11.4 Å². The van der Waals surface area contributed by atoms with Crippen LogP contribution in [0.25, 0.3) is 87.5 Å². The third-order valence-electron chi connectivity index (χ3n) is 11.8. The fourth-order valence-electron chi connectivity index (χ4n) is 8.88. The van der Waals surface area contributed by atoms with Gasteiger partial charge >= 0.3 is 0 Å². The zero-order chi connectivity index (χ0) is 37.9. The summed E-state index contributed by atoms with van der Waals surface area (Å²) >= 11 is 1.83. The van der Waals surface area contributed by atoms with Crippen molar-refractivity contribution in [1.82, 2.24) is 9.97 Å². The maximum absolute atomic E-state index is 5.15. The third kappa shape index (κ3) is 5.54. The average molecular weight is 745 g/mol. The minimum atomic E-state index is -0.309. The van der Waals surface area contributed by atoms with E-state index in [2.05, 4.69) is 189 Å². The lowest BCUT2D eigenvalue weighted by molar-refractivity contribution is 0.714. The topological polar surface area (TPSA) is 25.8 Å². The second-order valence-electron chi connectivity index (χ2n) is 15.1. The highest BCUT2D eigenvalue weighted by atomic mass is 32.1. The van der Waals surface area contributed by atoms with Crippen LogP contribution in [0.2, 0.25) is 0 Å². The monoisotopic (exact) mass is 744 g/mol. The Bertz CT molecular complexity index is 3110. The molecule has 10 aromatic rings. The minimum absolute atomic E-state index is 0.309. The summed E-state index contributed by atoms with van der Waals surface area (Å²) in [6.07, 6.45) is 0. The second kappa shape index (κ2) is 13.4. The van der Waals surface area contributed by atoms with Gasteiger partial charge in [-0.2, -0.15) is 0 Å². The van der Waals surface area contributed by atoms with Gasteiger partial charge in [-0.15, -0.1) is 11.3 Å². The van der Waals surface area contributed by atoms with Crippen molar-refractivity contribution in [3.8, 4) is 67.3 Å². The molecule has 0 N–H and O–H groups in total. The van der Waals surface area contributed by atoms with Gasteiger partial charge < -0.3 is 0 Å². The molecule has 57 heavy (non-hydrogen) atoms. The Morgan fingerprint density at radius 1 is 0.386 bits per heavy atom. The molecule has 3 heteroatoms. The molecule has 1 unspecified atom stereocenters. The molecule has 2 heterocycles. The molecule has 268 valence electrons. The molecule has 1 atom stereocenters. The van der Waals surface area contributed by atoms with Crippen LogP contribution in [0.3, 0.4) is 0 Å². The fraction of sp³-hybridized carbons (Fsp3) is 0.0370. The molecule has 1 aliphatic carbocycles. The van der Waals surface area contributed by atoms with Crippen LogP contribution in [-0.2, 0) is 5.41 Å². The number of fused-ring (bicyclic) bond motifs is 6. The number of aromatic nitrogens is 2. The van der Waals surface area contributed by atoms with Gasteiger partial charge in [-0.05, 0) is 87.3 Å². The summed E-state index contributed by atoms with van der Waals surface area (Å²) in [4.78, 5) is 10.3. The third-order valence-corrected chi connectivity index (χ3v) is 13.0. The predicted octanol–water partition coefficient (Wildman–Crippen LogP) is 14.5. The van der Waals surface area contributed by atoms with Crippen molar-refractivity contribution in [2.75, 3.05) is 0 Å². The molecule has 8 aromatic carbocycles. The van der Waals surface area contributed by atoms with E-state index < -0.39 is 0 Å².